The highest BCUT2D eigenvalue weighted by atomic mass is 32.2. The van der Waals surface area contributed by atoms with E-state index in [9.17, 15) is 13.2 Å². The van der Waals surface area contributed by atoms with Crippen LogP contribution in [0.4, 0.5) is 5.69 Å². The summed E-state index contributed by atoms with van der Waals surface area (Å²) in [5.74, 6) is -0.202. The Balaban J connectivity index is 1.36. The summed E-state index contributed by atoms with van der Waals surface area (Å²) in [4.78, 5) is 18.4. The number of nitrogens with one attached hydrogen (secondary N) is 1. The molecule has 1 saturated carbocycles. The molecule has 0 atom stereocenters. The molecule has 1 aliphatic rings. The van der Waals surface area contributed by atoms with Gasteiger partial charge in [-0.25, -0.2) is 18.1 Å². The van der Waals surface area contributed by atoms with Gasteiger partial charge < -0.3 is 9.47 Å². The Morgan fingerprint density at radius 1 is 1.00 bits per heavy atom. The van der Waals surface area contributed by atoms with Crippen LogP contribution < -0.4 is 9.62 Å². The average molecular weight is 493 g/mol. The number of hydrogen-bond acceptors (Lipinski definition) is 4. The lowest BCUT2D eigenvalue weighted by molar-refractivity contribution is -0.113. The van der Waals surface area contributed by atoms with Crippen LogP contribution in [0.2, 0.25) is 0 Å². The molecule has 1 aromatic heterocycles. The van der Waals surface area contributed by atoms with Gasteiger partial charge in [-0.05, 0) is 60.9 Å². The molecule has 0 unspecified atom stereocenters. The van der Waals surface area contributed by atoms with Gasteiger partial charge in [0.1, 0.15) is 0 Å². The zero-order valence-electron chi connectivity index (χ0n) is 20.0. The predicted octanol–water partition coefficient (Wildman–Crippen LogP) is 4.94. The van der Waals surface area contributed by atoms with Crippen molar-refractivity contribution < 1.29 is 13.2 Å². The standard InChI is InChI=1S/C27H32N4O3S/c1-30(27(32)18-11-22-9-12-25(13-10-22)31-20-19-28-21-31)24-14-16-26(17-15-24)35(33,34)29-23-7-5-3-2-4-6-8-23/h9-21,23,29H,2-8H2,1H3/b18-11+. The van der Waals surface area contributed by atoms with E-state index in [-0.39, 0.29) is 16.8 Å². The quantitative estimate of drug-likeness (QED) is 0.474. The lowest BCUT2D eigenvalue weighted by Gasteiger charge is -2.21. The number of carbonyl (C=O) groups is 1. The first-order valence-corrected chi connectivity index (χ1v) is 13.6. The maximum Gasteiger partial charge on any atom is 0.250 e. The number of aromatic nitrogens is 2. The molecule has 1 fully saturated rings. The maximum atomic E-state index is 12.9. The van der Waals surface area contributed by atoms with Crippen LogP contribution in [0.1, 0.15) is 50.5 Å². The van der Waals surface area contributed by atoms with Gasteiger partial charge in [-0.15, -0.1) is 0 Å². The van der Waals surface area contributed by atoms with E-state index in [1.807, 2.05) is 35.0 Å². The van der Waals surface area contributed by atoms with Gasteiger partial charge in [0, 0.05) is 42.9 Å². The second kappa shape index (κ2) is 11.5. The van der Waals surface area contributed by atoms with E-state index in [0.717, 1.165) is 36.9 Å². The predicted molar refractivity (Wildman–Crippen MR) is 139 cm³/mol. The zero-order chi connectivity index (χ0) is 24.7. The summed E-state index contributed by atoms with van der Waals surface area (Å²) >= 11 is 0. The minimum absolute atomic E-state index is 0.0108. The molecule has 1 amide bonds. The smallest absolute Gasteiger partial charge is 0.250 e. The summed E-state index contributed by atoms with van der Waals surface area (Å²) < 4.78 is 30.5. The fraction of sp³-hybridized carbons (Fsp3) is 0.333. The van der Waals surface area contributed by atoms with Crippen LogP contribution in [-0.4, -0.2) is 37.0 Å². The van der Waals surface area contributed by atoms with Gasteiger partial charge in [-0.3, -0.25) is 4.79 Å². The van der Waals surface area contributed by atoms with E-state index in [1.54, 1.807) is 49.9 Å². The van der Waals surface area contributed by atoms with Crippen molar-refractivity contribution in [3.05, 3.63) is 78.9 Å². The third-order valence-corrected chi connectivity index (χ3v) is 7.94. The fourth-order valence-corrected chi connectivity index (χ4v) is 5.59. The number of nitrogens with zero attached hydrogens (tertiary/aromatic N) is 3. The summed E-state index contributed by atoms with van der Waals surface area (Å²) in [6, 6.07) is 14.2. The van der Waals surface area contributed by atoms with Crippen molar-refractivity contribution in [1.82, 2.24) is 14.3 Å². The summed E-state index contributed by atoms with van der Waals surface area (Å²) in [7, 11) is -1.92. The molecule has 8 heteroatoms. The highest BCUT2D eigenvalue weighted by Crippen LogP contribution is 2.21. The molecule has 7 nitrogen and oxygen atoms in total. The molecule has 184 valence electrons. The van der Waals surface area contributed by atoms with Crippen LogP contribution in [0.25, 0.3) is 11.8 Å². The number of benzene rings is 2. The van der Waals surface area contributed by atoms with E-state index >= 15 is 0 Å². The summed E-state index contributed by atoms with van der Waals surface area (Å²) in [6.45, 7) is 0. The Bertz CT molecular complexity index is 1230. The molecular weight excluding hydrogens is 460 g/mol. The molecule has 3 aromatic rings. The van der Waals surface area contributed by atoms with Gasteiger partial charge in [0.25, 0.3) is 5.91 Å². The summed E-state index contributed by atoms with van der Waals surface area (Å²) in [6.07, 6.45) is 16.0. The van der Waals surface area contributed by atoms with Crippen molar-refractivity contribution in [1.29, 1.82) is 0 Å². The number of carbonyl (C=O) groups excluding carboxylic acids is 1. The Hall–Kier alpha value is -3.23. The summed E-state index contributed by atoms with van der Waals surface area (Å²) in [5, 5.41) is 0. The Morgan fingerprint density at radius 2 is 1.66 bits per heavy atom. The third-order valence-electron chi connectivity index (χ3n) is 6.41. The van der Waals surface area contributed by atoms with Crippen molar-refractivity contribution >= 4 is 27.7 Å². The van der Waals surface area contributed by atoms with E-state index in [0.29, 0.717) is 5.69 Å². The van der Waals surface area contributed by atoms with Crippen LogP contribution in [0.15, 0.2) is 78.2 Å². The largest absolute Gasteiger partial charge is 0.312 e. The normalized spacial score (nSPS) is 15.6. The monoisotopic (exact) mass is 492 g/mol. The van der Waals surface area contributed by atoms with E-state index in [1.165, 1.54) is 30.2 Å². The van der Waals surface area contributed by atoms with Crippen molar-refractivity contribution in [2.45, 2.75) is 55.9 Å². The Kier molecular flexibility index (Phi) is 8.15. The molecule has 0 spiro atoms. The molecule has 0 aliphatic heterocycles. The van der Waals surface area contributed by atoms with Crippen molar-refractivity contribution in [2.24, 2.45) is 0 Å². The number of sulfonamides is 1. The second-order valence-electron chi connectivity index (χ2n) is 8.95. The molecule has 0 radical (unpaired) electrons. The highest BCUT2D eigenvalue weighted by molar-refractivity contribution is 7.89. The molecule has 2 aromatic carbocycles. The third kappa shape index (κ3) is 6.68. The number of imidazole rings is 1. The topological polar surface area (TPSA) is 84.3 Å². The first kappa shape index (κ1) is 24.9. The number of amides is 1. The first-order chi connectivity index (χ1) is 16.9. The van der Waals surface area contributed by atoms with Crippen molar-refractivity contribution in [2.75, 3.05) is 11.9 Å². The Morgan fingerprint density at radius 3 is 2.29 bits per heavy atom. The molecule has 0 saturated heterocycles. The van der Waals surface area contributed by atoms with Gasteiger partial charge in [0.2, 0.25) is 10.0 Å². The van der Waals surface area contributed by atoms with Crippen LogP contribution in [-0.2, 0) is 14.8 Å². The summed E-state index contributed by atoms with van der Waals surface area (Å²) in [5.41, 5.74) is 2.51. The second-order valence-corrected chi connectivity index (χ2v) is 10.7. The number of anilines is 1. The molecular formula is C27H32N4O3S. The minimum atomic E-state index is -3.59. The Labute approximate surface area is 207 Å². The van der Waals surface area contributed by atoms with Gasteiger partial charge in [0.15, 0.2) is 0 Å². The molecule has 0 bridgehead atoms. The lowest BCUT2D eigenvalue weighted by atomic mass is 9.97. The van der Waals surface area contributed by atoms with Gasteiger partial charge in [-0.2, -0.15) is 0 Å². The van der Waals surface area contributed by atoms with E-state index in [4.69, 9.17) is 0 Å². The van der Waals surface area contributed by atoms with Crippen molar-refractivity contribution in [3.63, 3.8) is 0 Å². The molecule has 1 aliphatic carbocycles. The minimum Gasteiger partial charge on any atom is -0.312 e. The highest BCUT2D eigenvalue weighted by Gasteiger charge is 2.21. The van der Waals surface area contributed by atoms with Crippen LogP contribution in [0.5, 0.6) is 0 Å². The molecule has 1 heterocycles. The van der Waals surface area contributed by atoms with Gasteiger partial charge >= 0.3 is 0 Å². The van der Waals surface area contributed by atoms with E-state index < -0.39 is 10.0 Å². The van der Waals surface area contributed by atoms with Gasteiger partial charge in [-0.1, -0.05) is 44.2 Å². The van der Waals surface area contributed by atoms with E-state index in [2.05, 4.69) is 9.71 Å². The van der Waals surface area contributed by atoms with Crippen LogP contribution >= 0.6 is 0 Å². The number of rotatable bonds is 7. The average Bonchev–Trinajstić information content (AvgIpc) is 3.39. The molecule has 1 N–H and O–H groups in total. The van der Waals surface area contributed by atoms with Gasteiger partial charge in [0.05, 0.1) is 11.2 Å². The SMILES string of the molecule is CN(C(=O)/C=C/c1ccc(-n2ccnc2)cc1)c1ccc(S(=O)(=O)NC2CCCCCCC2)cc1. The number of likely N-dealkylation sites (N-methyl/N-ethyl adjacent to an activating group) is 1. The molecule has 35 heavy (non-hydrogen) atoms. The zero-order valence-corrected chi connectivity index (χ0v) is 20.8. The lowest BCUT2D eigenvalue weighted by Crippen LogP contribution is -2.35. The fourth-order valence-electron chi connectivity index (χ4n) is 4.29. The van der Waals surface area contributed by atoms with Crippen LogP contribution in [0, 0.1) is 0 Å². The first-order valence-electron chi connectivity index (χ1n) is 12.1. The maximum absolute atomic E-state index is 12.9. The number of hydrogen-bond donors (Lipinski definition) is 1. The van der Waals surface area contributed by atoms with Crippen molar-refractivity contribution in [3.8, 4) is 5.69 Å². The van der Waals surface area contributed by atoms with Crippen LogP contribution in [0.3, 0.4) is 0 Å². The molecule has 4 rings (SSSR count).